The molecule has 0 aromatic heterocycles. The second-order valence-electron chi connectivity index (χ2n) is 4.24. The van der Waals surface area contributed by atoms with Crippen LogP contribution in [0.5, 0.6) is 0 Å². The number of nitrogens with one attached hydrogen (secondary N) is 1. The van der Waals surface area contributed by atoms with Crippen molar-refractivity contribution in [1.82, 2.24) is 5.32 Å². The lowest BCUT2D eigenvalue weighted by molar-refractivity contribution is -0.160. The van der Waals surface area contributed by atoms with Gasteiger partial charge < -0.3 is 10.1 Å². The van der Waals surface area contributed by atoms with Crippen molar-refractivity contribution in [3.8, 4) is 0 Å². The first-order chi connectivity index (χ1) is 9.28. The average Bonchev–Trinajstić information content (AvgIpc) is 2.35. The topological polar surface area (TPSA) is 38.3 Å². The Balaban J connectivity index is 2.25. The normalized spacial score (nSPS) is 11.2. The molecule has 7 heteroatoms. The molecule has 0 atom stereocenters. The van der Waals surface area contributed by atoms with Crippen LogP contribution in [0.1, 0.15) is 11.1 Å². The summed E-state index contributed by atoms with van der Waals surface area (Å²) >= 11 is 1.53. The summed E-state index contributed by atoms with van der Waals surface area (Å²) in [5, 5.41) is 2.28. The van der Waals surface area contributed by atoms with Gasteiger partial charge in [0.1, 0.15) is 0 Å². The van der Waals surface area contributed by atoms with Crippen molar-refractivity contribution in [3.63, 3.8) is 0 Å². The van der Waals surface area contributed by atoms with Gasteiger partial charge in [-0.2, -0.15) is 13.2 Å². The molecule has 0 fully saturated rings. The van der Waals surface area contributed by atoms with E-state index in [-0.39, 0.29) is 6.54 Å². The summed E-state index contributed by atoms with van der Waals surface area (Å²) in [5.41, 5.74) is 2.26. The summed E-state index contributed by atoms with van der Waals surface area (Å²) in [6.07, 6.45) is -5.55. The highest BCUT2D eigenvalue weighted by Crippen LogP contribution is 2.22. The highest BCUT2D eigenvalue weighted by Gasteiger charge is 2.29. The van der Waals surface area contributed by atoms with Gasteiger partial charge in [-0.05, 0) is 25.5 Å². The van der Waals surface area contributed by atoms with Crippen LogP contribution < -0.4 is 5.32 Å². The molecular formula is C13H16F3NO2S. The van der Waals surface area contributed by atoms with Crippen molar-refractivity contribution < 1.29 is 22.7 Å². The van der Waals surface area contributed by atoms with Crippen LogP contribution in [-0.2, 0) is 4.74 Å². The van der Waals surface area contributed by atoms with Gasteiger partial charge >= 0.3 is 12.3 Å². The number of thioether (sulfide) groups is 1. The number of halogens is 3. The van der Waals surface area contributed by atoms with E-state index in [4.69, 9.17) is 0 Å². The molecule has 0 saturated heterocycles. The lowest BCUT2D eigenvalue weighted by atomic mass is 10.2. The molecule has 1 N–H and O–H groups in total. The quantitative estimate of drug-likeness (QED) is 0.666. The highest BCUT2D eigenvalue weighted by atomic mass is 32.2. The van der Waals surface area contributed by atoms with E-state index in [0.29, 0.717) is 5.75 Å². The van der Waals surface area contributed by atoms with Gasteiger partial charge in [0.25, 0.3) is 0 Å². The SMILES string of the molecule is Cc1ccc(C)c(SCCNC(=O)OCC(F)(F)F)c1. The zero-order valence-corrected chi connectivity index (χ0v) is 12.0. The largest absolute Gasteiger partial charge is 0.440 e. The molecule has 0 spiro atoms. The van der Waals surface area contributed by atoms with Gasteiger partial charge in [-0.15, -0.1) is 11.8 Å². The molecule has 0 aliphatic heterocycles. The van der Waals surface area contributed by atoms with E-state index in [0.717, 1.165) is 16.0 Å². The van der Waals surface area contributed by atoms with Crippen LogP contribution >= 0.6 is 11.8 Å². The number of alkyl halides is 3. The molecule has 112 valence electrons. The van der Waals surface area contributed by atoms with E-state index >= 15 is 0 Å². The summed E-state index contributed by atoms with van der Waals surface area (Å²) in [4.78, 5) is 12.1. The molecule has 1 rings (SSSR count). The molecule has 1 aromatic rings. The number of hydrogen-bond acceptors (Lipinski definition) is 3. The van der Waals surface area contributed by atoms with Crippen molar-refractivity contribution >= 4 is 17.9 Å². The third kappa shape index (κ3) is 6.70. The summed E-state index contributed by atoms with van der Waals surface area (Å²) in [6, 6.07) is 6.04. The van der Waals surface area contributed by atoms with E-state index in [1.165, 1.54) is 11.8 Å². The Labute approximate surface area is 119 Å². The summed E-state index contributed by atoms with van der Waals surface area (Å²) in [6.45, 7) is 2.64. The molecule has 1 aromatic carbocycles. The van der Waals surface area contributed by atoms with Gasteiger partial charge in [0.15, 0.2) is 6.61 Å². The average molecular weight is 307 g/mol. The summed E-state index contributed by atoms with van der Waals surface area (Å²) in [5.74, 6) is 0.561. The van der Waals surface area contributed by atoms with Crippen LogP contribution in [0.15, 0.2) is 23.1 Å². The monoisotopic (exact) mass is 307 g/mol. The molecule has 0 heterocycles. The second kappa shape index (κ2) is 7.42. The fraction of sp³-hybridized carbons (Fsp3) is 0.462. The minimum Gasteiger partial charge on any atom is -0.440 e. The minimum atomic E-state index is -4.50. The molecule has 0 aliphatic rings. The number of aryl methyl sites for hydroxylation is 2. The Morgan fingerprint density at radius 3 is 2.70 bits per heavy atom. The van der Waals surface area contributed by atoms with Gasteiger partial charge in [-0.1, -0.05) is 17.7 Å². The fourth-order valence-electron chi connectivity index (χ4n) is 1.38. The maximum absolute atomic E-state index is 11.8. The number of amides is 1. The molecule has 0 unspecified atom stereocenters. The van der Waals surface area contributed by atoms with Crippen LogP contribution in [0.3, 0.4) is 0 Å². The molecule has 3 nitrogen and oxygen atoms in total. The van der Waals surface area contributed by atoms with Crippen LogP contribution in [0.25, 0.3) is 0 Å². The summed E-state index contributed by atoms with van der Waals surface area (Å²) < 4.78 is 39.4. The molecule has 0 saturated carbocycles. The number of carbonyl (C=O) groups excluding carboxylic acids is 1. The Hall–Kier alpha value is -1.37. The summed E-state index contributed by atoms with van der Waals surface area (Å²) in [7, 11) is 0. The first-order valence-electron chi connectivity index (χ1n) is 5.95. The number of rotatable bonds is 5. The number of benzene rings is 1. The number of ether oxygens (including phenoxy) is 1. The Bertz CT molecular complexity index is 463. The van der Waals surface area contributed by atoms with E-state index in [9.17, 15) is 18.0 Å². The van der Waals surface area contributed by atoms with Crippen LogP contribution in [0, 0.1) is 13.8 Å². The van der Waals surface area contributed by atoms with Gasteiger partial charge in [-0.3, -0.25) is 0 Å². The molecule has 0 radical (unpaired) electrons. The number of hydrogen-bond donors (Lipinski definition) is 1. The first kappa shape index (κ1) is 16.7. The van der Waals surface area contributed by atoms with Crippen molar-refractivity contribution in [1.29, 1.82) is 0 Å². The van der Waals surface area contributed by atoms with Crippen LogP contribution in [0.2, 0.25) is 0 Å². The van der Waals surface area contributed by atoms with Crippen molar-refractivity contribution in [2.45, 2.75) is 24.9 Å². The molecule has 20 heavy (non-hydrogen) atoms. The van der Waals surface area contributed by atoms with Gasteiger partial charge in [-0.25, -0.2) is 4.79 Å². The molecule has 0 aliphatic carbocycles. The Morgan fingerprint density at radius 1 is 1.35 bits per heavy atom. The van der Waals surface area contributed by atoms with E-state index in [2.05, 4.69) is 10.1 Å². The smallest absolute Gasteiger partial charge is 0.422 e. The highest BCUT2D eigenvalue weighted by molar-refractivity contribution is 7.99. The van der Waals surface area contributed by atoms with Gasteiger partial charge in [0, 0.05) is 17.2 Å². The first-order valence-corrected chi connectivity index (χ1v) is 6.94. The van der Waals surface area contributed by atoms with Crippen LogP contribution in [0.4, 0.5) is 18.0 Å². The predicted molar refractivity (Wildman–Crippen MR) is 72.0 cm³/mol. The third-order valence-electron chi connectivity index (χ3n) is 2.34. The second-order valence-corrected chi connectivity index (χ2v) is 5.37. The Morgan fingerprint density at radius 2 is 2.05 bits per heavy atom. The zero-order valence-electron chi connectivity index (χ0n) is 11.2. The zero-order chi connectivity index (χ0) is 15.2. The van der Waals surface area contributed by atoms with Gasteiger partial charge in [0.05, 0.1) is 0 Å². The van der Waals surface area contributed by atoms with Gasteiger partial charge in [0.2, 0.25) is 0 Å². The maximum Gasteiger partial charge on any atom is 0.422 e. The molecular weight excluding hydrogens is 291 g/mol. The van der Waals surface area contributed by atoms with Crippen LogP contribution in [-0.4, -0.2) is 31.2 Å². The lowest BCUT2D eigenvalue weighted by Crippen LogP contribution is -2.30. The van der Waals surface area contributed by atoms with E-state index < -0.39 is 18.9 Å². The minimum absolute atomic E-state index is 0.245. The molecule has 1 amide bonds. The third-order valence-corrected chi connectivity index (χ3v) is 3.50. The molecule has 0 bridgehead atoms. The van der Waals surface area contributed by atoms with Crippen molar-refractivity contribution in [2.75, 3.05) is 18.9 Å². The van der Waals surface area contributed by atoms with Crippen molar-refractivity contribution in [3.05, 3.63) is 29.3 Å². The van der Waals surface area contributed by atoms with E-state index in [1.54, 1.807) is 0 Å². The fourth-order valence-corrected chi connectivity index (χ4v) is 2.36. The number of carbonyl (C=O) groups is 1. The predicted octanol–water partition coefficient (Wildman–Crippen LogP) is 3.68. The number of alkyl carbamates (subject to hydrolysis) is 1. The lowest BCUT2D eigenvalue weighted by Gasteiger charge is -2.10. The standard InChI is InChI=1S/C13H16F3NO2S/c1-9-3-4-10(2)11(7-9)20-6-5-17-12(18)19-8-13(14,15)16/h3-4,7H,5-6,8H2,1-2H3,(H,17,18). The maximum atomic E-state index is 11.8. The van der Waals surface area contributed by atoms with Crippen molar-refractivity contribution in [2.24, 2.45) is 0 Å². The Kier molecular flexibility index (Phi) is 6.19. The van der Waals surface area contributed by atoms with E-state index in [1.807, 2.05) is 32.0 Å².